The number of methoxy groups -OCH3 is 1. The summed E-state index contributed by atoms with van der Waals surface area (Å²) in [4.78, 5) is 8.64. The Morgan fingerprint density at radius 1 is 1.12 bits per heavy atom. The minimum Gasteiger partial charge on any atom is -0.497 e. The summed E-state index contributed by atoms with van der Waals surface area (Å²) in [6.45, 7) is 3.81. The monoisotopic (exact) mass is 229 g/mol. The second-order valence-electron chi connectivity index (χ2n) is 3.89. The molecule has 2 aromatic rings. The van der Waals surface area contributed by atoms with Crippen molar-refractivity contribution in [3.8, 4) is 17.0 Å². The summed E-state index contributed by atoms with van der Waals surface area (Å²) in [5.74, 6) is 1.49. The Balaban J connectivity index is 2.52. The van der Waals surface area contributed by atoms with Crippen LogP contribution in [0.15, 0.2) is 24.3 Å². The van der Waals surface area contributed by atoms with E-state index >= 15 is 0 Å². The third kappa shape index (κ3) is 2.36. The molecule has 0 unspecified atom stereocenters. The molecule has 88 valence electrons. The van der Waals surface area contributed by atoms with E-state index in [0.717, 1.165) is 28.5 Å². The average molecular weight is 229 g/mol. The van der Waals surface area contributed by atoms with Gasteiger partial charge in [-0.1, -0.05) is 0 Å². The fourth-order valence-corrected chi connectivity index (χ4v) is 1.76. The molecule has 2 N–H and O–H groups in total. The van der Waals surface area contributed by atoms with Crippen LogP contribution in [0.25, 0.3) is 11.3 Å². The van der Waals surface area contributed by atoms with E-state index in [1.54, 1.807) is 13.2 Å². The number of nitrogens with zero attached hydrogens (tertiary/aromatic N) is 2. The van der Waals surface area contributed by atoms with E-state index in [1.807, 2.05) is 32.0 Å². The first-order valence-corrected chi connectivity index (χ1v) is 5.36. The van der Waals surface area contributed by atoms with Crippen LogP contribution in [0.4, 0.5) is 5.69 Å². The third-order valence-corrected chi connectivity index (χ3v) is 2.50. The molecule has 0 bridgehead atoms. The lowest BCUT2D eigenvalue weighted by Crippen LogP contribution is -1.97. The van der Waals surface area contributed by atoms with Gasteiger partial charge in [0.2, 0.25) is 0 Å². The Hall–Kier alpha value is -2.10. The molecule has 17 heavy (non-hydrogen) atoms. The smallest absolute Gasteiger partial charge is 0.126 e. The van der Waals surface area contributed by atoms with Crippen molar-refractivity contribution in [3.63, 3.8) is 0 Å². The Morgan fingerprint density at radius 2 is 1.88 bits per heavy atom. The maximum absolute atomic E-state index is 5.99. The SMILES string of the molecule is COc1ccc(-c2cc(C)nc(C)n2)c(N)c1. The number of benzene rings is 1. The van der Waals surface area contributed by atoms with E-state index in [2.05, 4.69) is 9.97 Å². The normalized spacial score (nSPS) is 10.3. The van der Waals surface area contributed by atoms with Gasteiger partial charge in [0.15, 0.2) is 0 Å². The lowest BCUT2D eigenvalue weighted by atomic mass is 10.1. The van der Waals surface area contributed by atoms with Crippen molar-refractivity contribution in [2.45, 2.75) is 13.8 Å². The number of hydrogen-bond donors (Lipinski definition) is 1. The van der Waals surface area contributed by atoms with Crippen molar-refractivity contribution in [1.82, 2.24) is 9.97 Å². The summed E-state index contributed by atoms with van der Waals surface area (Å²) < 4.78 is 5.12. The van der Waals surface area contributed by atoms with Gasteiger partial charge in [-0.05, 0) is 32.0 Å². The van der Waals surface area contributed by atoms with Crippen LogP contribution in [0.1, 0.15) is 11.5 Å². The highest BCUT2D eigenvalue weighted by Gasteiger charge is 2.07. The van der Waals surface area contributed by atoms with Crippen LogP contribution in [-0.4, -0.2) is 17.1 Å². The first-order valence-electron chi connectivity index (χ1n) is 5.36. The van der Waals surface area contributed by atoms with Gasteiger partial charge in [0.05, 0.1) is 12.8 Å². The molecule has 0 atom stereocenters. The van der Waals surface area contributed by atoms with Crippen LogP contribution in [0.3, 0.4) is 0 Å². The molecule has 1 aromatic heterocycles. The van der Waals surface area contributed by atoms with Gasteiger partial charge in [0.1, 0.15) is 11.6 Å². The molecule has 0 fully saturated rings. The van der Waals surface area contributed by atoms with Gasteiger partial charge in [-0.25, -0.2) is 9.97 Å². The molecular weight excluding hydrogens is 214 g/mol. The molecule has 1 aromatic carbocycles. The highest BCUT2D eigenvalue weighted by molar-refractivity contribution is 5.75. The van der Waals surface area contributed by atoms with Crippen LogP contribution in [-0.2, 0) is 0 Å². The summed E-state index contributed by atoms with van der Waals surface area (Å²) in [6, 6.07) is 7.50. The first-order chi connectivity index (χ1) is 8.10. The number of aryl methyl sites for hydroxylation is 2. The molecule has 2 rings (SSSR count). The summed E-state index contributed by atoms with van der Waals surface area (Å²) >= 11 is 0. The van der Waals surface area contributed by atoms with Crippen molar-refractivity contribution in [3.05, 3.63) is 35.8 Å². The lowest BCUT2D eigenvalue weighted by Gasteiger charge is -2.08. The van der Waals surface area contributed by atoms with Crippen molar-refractivity contribution in [1.29, 1.82) is 0 Å². The second kappa shape index (κ2) is 4.41. The second-order valence-corrected chi connectivity index (χ2v) is 3.89. The van der Waals surface area contributed by atoms with Gasteiger partial charge in [-0.2, -0.15) is 0 Å². The average Bonchev–Trinajstić information content (AvgIpc) is 2.27. The van der Waals surface area contributed by atoms with Crippen molar-refractivity contribution < 1.29 is 4.74 Å². The molecule has 0 saturated carbocycles. The standard InChI is InChI=1S/C13H15N3O/c1-8-6-13(16-9(2)15-8)11-5-4-10(17-3)7-12(11)14/h4-7H,14H2,1-3H3. The molecule has 0 saturated heterocycles. The van der Waals surface area contributed by atoms with Crippen molar-refractivity contribution in [2.24, 2.45) is 0 Å². The van der Waals surface area contributed by atoms with Crippen LogP contribution >= 0.6 is 0 Å². The fourth-order valence-electron chi connectivity index (χ4n) is 1.76. The highest BCUT2D eigenvalue weighted by atomic mass is 16.5. The number of nitrogen functional groups attached to an aromatic ring is 1. The zero-order chi connectivity index (χ0) is 12.4. The minimum absolute atomic E-state index is 0.654. The summed E-state index contributed by atoms with van der Waals surface area (Å²) in [6.07, 6.45) is 0. The van der Waals surface area contributed by atoms with E-state index in [9.17, 15) is 0 Å². The minimum atomic E-state index is 0.654. The predicted octanol–water partition coefficient (Wildman–Crippen LogP) is 2.35. The van der Waals surface area contributed by atoms with Gasteiger partial charge in [-0.15, -0.1) is 0 Å². The quantitative estimate of drug-likeness (QED) is 0.803. The zero-order valence-electron chi connectivity index (χ0n) is 10.2. The fraction of sp³-hybridized carbons (Fsp3) is 0.231. The zero-order valence-corrected chi connectivity index (χ0v) is 10.2. The number of aromatic nitrogens is 2. The Bertz CT molecular complexity index is 532. The van der Waals surface area contributed by atoms with Gasteiger partial charge >= 0.3 is 0 Å². The number of rotatable bonds is 2. The Kier molecular flexibility index (Phi) is 2.95. The summed E-state index contributed by atoms with van der Waals surface area (Å²) in [7, 11) is 1.62. The van der Waals surface area contributed by atoms with E-state index in [-0.39, 0.29) is 0 Å². The van der Waals surface area contributed by atoms with E-state index in [0.29, 0.717) is 5.69 Å². The Morgan fingerprint density at radius 3 is 2.47 bits per heavy atom. The largest absolute Gasteiger partial charge is 0.497 e. The van der Waals surface area contributed by atoms with E-state index in [4.69, 9.17) is 10.5 Å². The van der Waals surface area contributed by atoms with E-state index < -0.39 is 0 Å². The molecular formula is C13H15N3O. The molecule has 4 heteroatoms. The summed E-state index contributed by atoms with van der Waals surface area (Å²) in [5, 5.41) is 0. The molecule has 4 nitrogen and oxygen atoms in total. The predicted molar refractivity (Wildman–Crippen MR) is 67.9 cm³/mol. The highest BCUT2D eigenvalue weighted by Crippen LogP contribution is 2.28. The van der Waals surface area contributed by atoms with E-state index in [1.165, 1.54) is 0 Å². The maximum atomic E-state index is 5.99. The molecule has 0 amide bonds. The number of hydrogen-bond acceptors (Lipinski definition) is 4. The Labute approximate surface area is 100 Å². The van der Waals surface area contributed by atoms with Gasteiger partial charge in [-0.3, -0.25) is 0 Å². The topological polar surface area (TPSA) is 61.0 Å². The van der Waals surface area contributed by atoms with Gasteiger partial charge in [0, 0.05) is 23.0 Å². The van der Waals surface area contributed by atoms with Gasteiger partial charge in [0.25, 0.3) is 0 Å². The number of nitrogens with two attached hydrogens (primary N) is 1. The third-order valence-electron chi connectivity index (χ3n) is 2.50. The molecule has 0 aliphatic carbocycles. The first kappa shape index (κ1) is 11.4. The number of anilines is 1. The molecule has 0 radical (unpaired) electrons. The molecule has 0 aliphatic rings. The molecule has 1 heterocycles. The van der Waals surface area contributed by atoms with Crippen molar-refractivity contribution >= 4 is 5.69 Å². The lowest BCUT2D eigenvalue weighted by molar-refractivity contribution is 0.415. The van der Waals surface area contributed by atoms with Gasteiger partial charge < -0.3 is 10.5 Å². The van der Waals surface area contributed by atoms with Crippen LogP contribution < -0.4 is 10.5 Å². The van der Waals surface area contributed by atoms with Crippen LogP contribution in [0.5, 0.6) is 5.75 Å². The summed E-state index contributed by atoms with van der Waals surface area (Å²) in [5.41, 5.74) is 9.32. The maximum Gasteiger partial charge on any atom is 0.126 e. The van der Waals surface area contributed by atoms with Crippen molar-refractivity contribution in [2.75, 3.05) is 12.8 Å². The van der Waals surface area contributed by atoms with Crippen LogP contribution in [0.2, 0.25) is 0 Å². The number of ether oxygens (including phenoxy) is 1. The molecule has 0 aliphatic heterocycles. The molecule has 0 spiro atoms. The van der Waals surface area contributed by atoms with Crippen LogP contribution in [0, 0.1) is 13.8 Å².